The van der Waals surface area contributed by atoms with E-state index in [4.69, 9.17) is 10.5 Å². The first-order valence-corrected chi connectivity index (χ1v) is 9.18. The third-order valence-electron chi connectivity index (χ3n) is 5.50. The molecule has 5 rings (SSSR count). The van der Waals surface area contributed by atoms with Crippen LogP contribution >= 0.6 is 0 Å². The molecular formula is C19H18F4N4O3. The summed E-state index contributed by atoms with van der Waals surface area (Å²) in [6, 6.07) is 2.98. The number of alkyl halides is 3. The summed E-state index contributed by atoms with van der Waals surface area (Å²) in [4.78, 5) is 24.1. The number of nitrogens with two attached hydrogens (primary N) is 1. The van der Waals surface area contributed by atoms with Crippen molar-refractivity contribution in [2.75, 3.05) is 11.9 Å². The fraction of sp³-hybridized carbons (Fsp3) is 0.421. The van der Waals surface area contributed by atoms with Gasteiger partial charge < -0.3 is 15.8 Å². The number of amides is 2. The average molecular weight is 426 g/mol. The summed E-state index contributed by atoms with van der Waals surface area (Å²) < 4.78 is 61.4. The third-order valence-corrected chi connectivity index (χ3v) is 5.50. The van der Waals surface area contributed by atoms with Gasteiger partial charge in [0.2, 0.25) is 0 Å². The summed E-state index contributed by atoms with van der Waals surface area (Å²) in [7, 11) is 0. The molecule has 2 saturated heterocycles. The Balaban J connectivity index is 1.70. The number of nitrogens with zero attached hydrogens (tertiary/aromatic N) is 2. The van der Waals surface area contributed by atoms with Crippen LogP contribution in [-0.2, 0) is 17.5 Å². The second-order valence-electron chi connectivity index (χ2n) is 7.75. The molecule has 30 heavy (non-hydrogen) atoms. The molecule has 3 heterocycles. The number of hydrogen-bond acceptors (Lipinski definition) is 4. The van der Waals surface area contributed by atoms with Crippen LogP contribution in [0.15, 0.2) is 18.2 Å². The van der Waals surface area contributed by atoms with Crippen LogP contribution in [0.4, 0.5) is 23.2 Å². The molecule has 0 unspecified atom stereocenters. The van der Waals surface area contributed by atoms with Gasteiger partial charge in [-0.2, -0.15) is 18.3 Å². The number of carbonyl (C=O) groups excluding carboxylic acids is 2. The van der Waals surface area contributed by atoms with Crippen molar-refractivity contribution in [1.82, 2.24) is 9.78 Å². The highest BCUT2D eigenvalue weighted by Crippen LogP contribution is 2.49. The van der Waals surface area contributed by atoms with Gasteiger partial charge in [-0.05, 0) is 43.9 Å². The van der Waals surface area contributed by atoms with Crippen LogP contribution < -0.4 is 11.1 Å². The summed E-state index contributed by atoms with van der Waals surface area (Å²) in [6.07, 6.45) is -3.41. The number of benzene rings is 1. The van der Waals surface area contributed by atoms with Crippen LogP contribution in [0.3, 0.4) is 0 Å². The van der Waals surface area contributed by atoms with Crippen molar-refractivity contribution < 1.29 is 31.9 Å². The number of halogens is 4. The Hall–Kier alpha value is -2.95. The van der Waals surface area contributed by atoms with E-state index in [9.17, 15) is 27.2 Å². The summed E-state index contributed by atoms with van der Waals surface area (Å²) in [5.41, 5.74) is 1.73. The van der Waals surface area contributed by atoms with Crippen molar-refractivity contribution in [3.05, 3.63) is 46.5 Å². The zero-order chi connectivity index (χ0) is 21.8. The van der Waals surface area contributed by atoms with Gasteiger partial charge in [0.1, 0.15) is 17.1 Å². The zero-order valence-electron chi connectivity index (χ0n) is 15.8. The Morgan fingerprint density at radius 3 is 2.63 bits per heavy atom. The summed E-state index contributed by atoms with van der Waals surface area (Å²) in [6.45, 7) is 1.73. The largest absolute Gasteiger partial charge is 0.420 e. The third kappa shape index (κ3) is 3.42. The molecule has 1 aromatic heterocycles. The van der Waals surface area contributed by atoms with E-state index >= 15 is 0 Å². The van der Waals surface area contributed by atoms with E-state index < -0.39 is 46.2 Å². The van der Waals surface area contributed by atoms with Crippen LogP contribution in [0.5, 0.6) is 0 Å². The number of nitrogens with one attached hydrogen (secondary N) is 1. The smallest absolute Gasteiger partial charge is 0.373 e. The molecule has 1 saturated carbocycles. The first-order valence-electron chi connectivity index (χ1n) is 9.18. The number of fused-ring (bicyclic) bond motifs is 1. The predicted molar refractivity (Wildman–Crippen MR) is 96.2 cm³/mol. The Morgan fingerprint density at radius 1 is 1.37 bits per heavy atom. The molecule has 0 radical (unpaired) electrons. The number of hydrogen-bond donors (Lipinski definition) is 2. The monoisotopic (exact) mass is 426 g/mol. The topological polar surface area (TPSA) is 99.2 Å². The Bertz CT molecular complexity index is 1040. The predicted octanol–water partition coefficient (Wildman–Crippen LogP) is 2.88. The van der Waals surface area contributed by atoms with Gasteiger partial charge in [0, 0.05) is 5.69 Å². The van der Waals surface area contributed by atoms with Crippen molar-refractivity contribution >= 4 is 17.5 Å². The Labute approximate surface area is 168 Å². The zero-order valence-corrected chi connectivity index (χ0v) is 15.8. The average Bonchev–Trinajstić information content (AvgIpc) is 3.28. The maximum absolute atomic E-state index is 13.7. The van der Waals surface area contributed by atoms with E-state index in [1.165, 1.54) is 6.92 Å². The molecule has 2 aromatic rings. The minimum atomic E-state index is -4.81. The molecule has 11 heteroatoms. The normalized spacial score (nSPS) is 22.6. The van der Waals surface area contributed by atoms with Crippen molar-refractivity contribution in [2.45, 2.75) is 38.1 Å². The summed E-state index contributed by atoms with van der Waals surface area (Å²) in [5, 5.41) is 6.24. The maximum atomic E-state index is 13.7. The molecule has 0 spiro atoms. The lowest BCUT2D eigenvalue weighted by molar-refractivity contribution is -0.138. The van der Waals surface area contributed by atoms with Gasteiger partial charge in [-0.25, -0.2) is 4.39 Å². The molecule has 3 aliphatic rings. The van der Waals surface area contributed by atoms with Gasteiger partial charge in [0.25, 0.3) is 11.8 Å². The summed E-state index contributed by atoms with van der Waals surface area (Å²) >= 11 is 0. The van der Waals surface area contributed by atoms with Crippen LogP contribution in [0, 0.1) is 18.7 Å². The van der Waals surface area contributed by atoms with Gasteiger partial charge in [-0.3, -0.25) is 14.3 Å². The van der Waals surface area contributed by atoms with Gasteiger partial charge >= 0.3 is 6.18 Å². The lowest BCUT2D eigenvalue weighted by Gasteiger charge is -2.36. The van der Waals surface area contributed by atoms with Crippen LogP contribution in [0.1, 0.15) is 44.9 Å². The molecule has 3 fully saturated rings. The molecule has 2 aliphatic heterocycles. The fourth-order valence-electron chi connectivity index (χ4n) is 4.22. The molecule has 1 aliphatic carbocycles. The maximum Gasteiger partial charge on any atom is 0.420 e. The second-order valence-corrected chi connectivity index (χ2v) is 7.75. The van der Waals surface area contributed by atoms with E-state index in [1.807, 2.05) is 0 Å². The number of primary amides is 1. The Morgan fingerprint density at radius 2 is 2.07 bits per heavy atom. The molecule has 160 valence electrons. The highest BCUT2D eigenvalue weighted by molar-refractivity contribution is 6.05. The minimum Gasteiger partial charge on any atom is -0.373 e. The van der Waals surface area contributed by atoms with Crippen LogP contribution in [0.2, 0.25) is 0 Å². The first kappa shape index (κ1) is 20.3. The van der Waals surface area contributed by atoms with Crippen molar-refractivity contribution in [3.63, 3.8) is 0 Å². The number of aryl methyl sites for hydroxylation is 1. The van der Waals surface area contributed by atoms with E-state index in [1.54, 1.807) is 0 Å². The highest BCUT2D eigenvalue weighted by Gasteiger charge is 2.53. The van der Waals surface area contributed by atoms with Gasteiger partial charge in [0.15, 0.2) is 0 Å². The molecule has 2 bridgehead atoms. The van der Waals surface area contributed by atoms with E-state index in [0.717, 1.165) is 22.9 Å². The molecule has 0 atom stereocenters. The lowest BCUT2D eigenvalue weighted by Crippen LogP contribution is -2.42. The number of carbonyl (C=O) groups is 2. The number of anilines is 1. The number of rotatable bonds is 5. The molecule has 2 amide bonds. The van der Waals surface area contributed by atoms with Crippen molar-refractivity contribution in [1.29, 1.82) is 0 Å². The number of aromatic nitrogens is 2. The van der Waals surface area contributed by atoms with Crippen molar-refractivity contribution in [3.8, 4) is 0 Å². The van der Waals surface area contributed by atoms with Gasteiger partial charge in [0.05, 0.1) is 30.0 Å². The Kier molecular flexibility index (Phi) is 4.60. The van der Waals surface area contributed by atoms with Gasteiger partial charge in [-0.1, -0.05) is 0 Å². The lowest BCUT2D eigenvalue weighted by atomic mass is 9.74. The highest BCUT2D eigenvalue weighted by atomic mass is 19.4. The minimum absolute atomic E-state index is 0.0130. The molecule has 7 nitrogen and oxygen atoms in total. The van der Waals surface area contributed by atoms with E-state index in [-0.39, 0.29) is 17.9 Å². The molecule has 3 N–H and O–H groups in total. The van der Waals surface area contributed by atoms with Crippen LogP contribution in [-0.4, -0.2) is 33.8 Å². The summed E-state index contributed by atoms with van der Waals surface area (Å²) in [5.74, 6) is -2.69. The standard InChI is InChI=1S/C19H18F4N4O3/c1-9-14(19(21,22)23)15(27(26-9)8-18-5-10(6-18)7-30-18)17(29)25-11-2-3-13(20)12(4-11)16(24)28/h2-4,10H,5-8H2,1H3,(H2,24,28)(H,25,29). The van der Waals surface area contributed by atoms with Crippen molar-refractivity contribution in [2.24, 2.45) is 11.7 Å². The van der Waals surface area contributed by atoms with Gasteiger partial charge in [-0.15, -0.1) is 0 Å². The molecule has 1 aromatic carbocycles. The van der Waals surface area contributed by atoms with E-state index in [0.29, 0.717) is 25.4 Å². The van der Waals surface area contributed by atoms with E-state index in [2.05, 4.69) is 10.4 Å². The van der Waals surface area contributed by atoms with Crippen LogP contribution in [0.25, 0.3) is 0 Å². The first-order chi connectivity index (χ1) is 14.0. The number of ether oxygens (including phenoxy) is 1. The quantitative estimate of drug-likeness (QED) is 0.719. The fourth-order valence-corrected chi connectivity index (χ4v) is 4.22. The SMILES string of the molecule is Cc1nn(CC23CC(CO2)C3)c(C(=O)Nc2ccc(F)c(C(N)=O)c2)c1C(F)(F)F. The molecular weight excluding hydrogens is 408 g/mol. The second kappa shape index (κ2) is 6.79.